The first kappa shape index (κ1) is 18.2. The Hall–Kier alpha value is -1.15. The molecule has 0 saturated heterocycles. The van der Waals surface area contributed by atoms with Gasteiger partial charge in [0, 0.05) is 0 Å². The van der Waals surface area contributed by atoms with Crippen molar-refractivity contribution in [1.29, 1.82) is 0 Å². The van der Waals surface area contributed by atoms with E-state index in [0.29, 0.717) is 0 Å². The second-order valence-corrected chi connectivity index (χ2v) is 12.7. The molecule has 4 rings (SSSR count). The van der Waals surface area contributed by atoms with Gasteiger partial charge in [0.25, 0.3) is 0 Å². The average Bonchev–Trinajstić information content (AvgIpc) is 2.68. The first-order chi connectivity index (χ1) is 12.6. The summed E-state index contributed by atoms with van der Waals surface area (Å²) >= 11 is 7.06. The van der Waals surface area contributed by atoms with Crippen molar-refractivity contribution in [3.8, 4) is 5.75 Å². The molecule has 132 valence electrons. The zero-order valence-corrected chi connectivity index (χ0v) is 18.6. The van der Waals surface area contributed by atoms with E-state index >= 15 is 0 Å². The summed E-state index contributed by atoms with van der Waals surface area (Å²) in [4.78, 5) is 0. The fraction of sp³-hybridized carbons (Fsp3) is 0.143. The Morgan fingerprint density at radius 1 is 1.00 bits per heavy atom. The number of fused-ring (bicyclic) bond motifs is 1. The Kier molecular flexibility index (Phi) is 5.23. The zero-order chi connectivity index (χ0) is 18.1. The molecule has 5 heteroatoms. The van der Waals surface area contributed by atoms with Crippen LogP contribution in [0.2, 0.25) is 0 Å². The van der Waals surface area contributed by atoms with Crippen LogP contribution in [0.5, 0.6) is 5.75 Å². The van der Waals surface area contributed by atoms with Crippen molar-refractivity contribution >= 4 is 42.2 Å². The molecular weight excluding hydrogens is 472 g/mol. The minimum absolute atomic E-state index is 0.234. The molecule has 0 amide bonds. The second-order valence-electron chi connectivity index (χ2n) is 6.38. The zero-order valence-electron chi connectivity index (χ0n) is 14.4. The Morgan fingerprint density at radius 3 is 2.35 bits per heavy atom. The van der Waals surface area contributed by atoms with Crippen molar-refractivity contribution in [3.05, 3.63) is 94.5 Å². The molecule has 1 aliphatic heterocycles. The molecular formula is C21H19BrNOPSe. The van der Waals surface area contributed by atoms with Crippen molar-refractivity contribution in [3.63, 3.8) is 0 Å². The van der Waals surface area contributed by atoms with Crippen LogP contribution in [0.4, 0.5) is 0 Å². The van der Waals surface area contributed by atoms with Crippen LogP contribution >= 0.6 is 21.8 Å². The van der Waals surface area contributed by atoms with Crippen molar-refractivity contribution in [1.82, 2.24) is 4.67 Å². The van der Waals surface area contributed by atoms with Crippen LogP contribution in [0.3, 0.4) is 0 Å². The van der Waals surface area contributed by atoms with E-state index in [1.54, 1.807) is 0 Å². The van der Waals surface area contributed by atoms with Crippen LogP contribution in [-0.2, 0) is 6.54 Å². The van der Waals surface area contributed by atoms with Crippen molar-refractivity contribution in [2.75, 3.05) is 0 Å². The third kappa shape index (κ3) is 3.38. The Morgan fingerprint density at radius 2 is 1.65 bits per heavy atom. The number of nitrogens with zero attached hydrogens (tertiary/aromatic N) is 1. The van der Waals surface area contributed by atoms with E-state index in [4.69, 9.17) is 4.52 Å². The van der Waals surface area contributed by atoms with E-state index in [1.807, 2.05) is 6.07 Å². The van der Waals surface area contributed by atoms with Gasteiger partial charge in [-0.1, -0.05) is 0 Å². The van der Waals surface area contributed by atoms with Gasteiger partial charge in [0.1, 0.15) is 0 Å². The fourth-order valence-corrected chi connectivity index (χ4v) is 8.66. The second kappa shape index (κ2) is 7.46. The molecule has 0 N–H and O–H groups in total. The van der Waals surface area contributed by atoms with E-state index in [2.05, 4.69) is 115 Å². The number of benzene rings is 3. The third-order valence-corrected chi connectivity index (χ3v) is 10.9. The van der Waals surface area contributed by atoms with Gasteiger partial charge in [-0.3, -0.25) is 0 Å². The van der Waals surface area contributed by atoms with Crippen molar-refractivity contribution in [2.24, 2.45) is 0 Å². The molecule has 0 radical (unpaired) electrons. The molecule has 0 aromatic heterocycles. The quantitative estimate of drug-likeness (QED) is 0.347. The summed E-state index contributed by atoms with van der Waals surface area (Å²) in [5.41, 5.74) is 2.51. The van der Waals surface area contributed by atoms with Crippen LogP contribution in [0.25, 0.3) is 0 Å². The Bertz CT molecular complexity index is 964. The van der Waals surface area contributed by atoms with Crippen LogP contribution in [0.1, 0.15) is 24.1 Å². The van der Waals surface area contributed by atoms with E-state index in [1.165, 1.54) is 16.4 Å². The summed E-state index contributed by atoms with van der Waals surface area (Å²) in [5.74, 6) is -1.13. The Balaban J connectivity index is 1.84. The van der Waals surface area contributed by atoms with E-state index in [-0.39, 0.29) is 6.04 Å². The van der Waals surface area contributed by atoms with Gasteiger partial charge in [-0.2, -0.15) is 0 Å². The first-order valence-corrected chi connectivity index (χ1v) is 13.2. The molecule has 2 unspecified atom stereocenters. The standard InChI is InChI=1S/C21H19BrNOPSe/c1-16(17-8-4-2-5-9-17)23-15-18-14-19(22)12-13-21(18)24-25(23,26)20-10-6-3-7-11-20/h2-14,16H,15H2,1H3. The molecule has 0 spiro atoms. The summed E-state index contributed by atoms with van der Waals surface area (Å²) in [7, 11) is 0. The van der Waals surface area contributed by atoms with E-state index < -0.39 is 5.89 Å². The number of hydrogen-bond donors (Lipinski definition) is 0. The van der Waals surface area contributed by atoms with Crippen LogP contribution in [-0.4, -0.2) is 19.8 Å². The molecule has 0 aliphatic carbocycles. The van der Waals surface area contributed by atoms with Gasteiger partial charge in [0.15, 0.2) is 0 Å². The average molecular weight is 491 g/mol. The summed E-state index contributed by atoms with van der Waals surface area (Å²) in [6.07, 6.45) is 0. The van der Waals surface area contributed by atoms with E-state index in [9.17, 15) is 0 Å². The molecule has 26 heavy (non-hydrogen) atoms. The molecule has 0 saturated carbocycles. The van der Waals surface area contributed by atoms with Crippen molar-refractivity contribution in [2.45, 2.75) is 19.5 Å². The molecule has 3 aromatic carbocycles. The summed E-state index contributed by atoms with van der Waals surface area (Å²) < 4.78 is 10.3. The normalized spacial score (nSPS) is 20.8. The molecule has 3 aromatic rings. The fourth-order valence-electron chi connectivity index (χ4n) is 3.30. The van der Waals surface area contributed by atoms with Gasteiger partial charge in [0.05, 0.1) is 0 Å². The molecule has 1 heterocycles. The van der Waals surface area contributed by atoms with Gasteiger partial charge >= 0.3 is 171 Å². The first-order valence-electron chi connectivity index (χ1n) is 8.54. The Labute approximate surface area is 170 Å². The maximum absolute atomic E-state index is 6.68. The van der Waals surface area contributed by atoms with E-state index in [0.717, 1.165) is 16.8 Å². The monoisotopic (exact) mass is 491 g/mol. The van der Waals surface area contributed by atoms with Crippen LogP contribution < -0.4 is 9.83 Å². The van der Waals surface area contributed by atoms with Gasteiger partial charge in [-0.25, -0.2) is 0 Å². The predicted octanol–water partition coefficient (Wildman–Crippen LogP) is 5.66. The summed E-state index contributed by atoms with van der Waals surface area (Å²) in [5, 5.41) is 1.22. The number of rotatable bonds is 3. The topological polar surface area (TPSA) is 12.5 Å². The van der Waals surface area contributed by atoms with Crippen LogP contribution in [0.15, 0.2) is 83.3 Å². The van der Waals surface area contributed by atoms with Crippen molar-refractivity contribution < 1.29 is 4.52 Å². The maximum atomic E-state index is 6.68. The molecule has 1 aliphatic rings. The number of halogens is 1. The minimum atomic E-state index is -2.10. The molecule has 0 fully saturated rings. The van der Waals surface area contributed by atoms with Gasteiger partial charge in [-0.05, 0) is 0 Å². The summed E-state index contributed by atoms with van der Waals surface area (Å²) in [6, 6.07) is 27.7. The SMILES string of the molecule is CC(c1ccccc1)N1Cc2cc(Br)ccc2OP1(=[Se])c1ccccc1. The third-order valence-electron chi connectivity index (χ3n) is 4.73. The van der Waals surface area contributed by atoms with Gasteiger partial charge < -0.3 is 0 Å². The van der Waals surface area contributed by atoms with Gasteiger partial charge in [-0.15, -0.1) is 0 Å². The molecule has 2 atom stereocenters. The molecule has 0 bridgehead atoms. The summed E-state index contributed by atoms with van der Waals surface area (Å²) in [6.45, 7) is 3.11. The predicted molar refractivity (Wildman–Crippen MR) is 114 cm³/mol. The van der Waals surface area contributed by atoms with Crippen LogP contribution in [0, 0.1) is 0 Å². The van der Waals surface area contributed by atoms with Gasteiger partial charge in [0.2, 0.25) is 0 Å². The number of hydrogen-bond acceptors (Lipinski definition) is 2. The molecule has 2 nitrogen and oxygen atoms in total.